The smallest absolute Gasteiger partial charge is 0.308 e. The summed E-state index contributed by atoms with van der Waals surface area (Å²) in [5, 5.41) is 10.4. The molecule has 3 rings (SSSR count). The van der Waals surface area contributed by atoms with Gasteiger partial charge >= 0.3 is 5.97 Å². The molecular weight excluding hydrogens is 372 g/mol. The van der Waals surface area contributed by atoms with Crippen LogP contribution in [0.4, 0.5) is 0 Å². The van der Waals surface area contributed by atoms with Gasteiger partial charge in [0.2, 0.25) is 0 Å². The van der Waals surface area contributed by atoms with Gasteiger partial charge in [-0.25, -0.2) is 0 Å². The molecule has 1 aliphatic rings. The fourth-order valence-corrected chi connectivity index (χ4v) is 3.34. The average molecular weight is 400 g/mol. The van der Waals surface area contributed by atoms with Crippen molar-refractivity contribution in [3.05, 3.63) is 71.8 Å². The molecule has 0 amide bonds. The third-order valence-electron chi connectivity index (χ3n) is 4.96. The zero-order valence-electron chi connectivity index (χ0n) is 16.6. The van der Waals surface area contributed by atoms with Gasteiger partial charge in [0.25, 0.3) is 0 Å². The minimum Gasteiger partial charge on any atom is -0.469 e. The molecular formula is C23H28O6. The molecule has 4 atom stereocenters. The highest BCUT2D eigenvalue weighted by Gasteiger charge is 2.39. The number of ether oxygens (including phenoxy) is 4. The Morgan fingerprint density at radius 3 is 2.24 bits per heavy atom. The molecule has 29 heavy (non-hydrogen) atoms. The average Bonchev–Trinajstić information content (AvgIpc) is 2.76. The SMILES string of the molecule is COC(=O)C[C@H]1O[C@@H](COCc2ccccc2)[C@H](OCc2ccccc2)C[C@@H]1O. The molecule has 6 heteroatoms. The van der Waals surface area contributed by atoms with Crippen molar-refractivity contribution in [2.24, 2.45) is 0 Å². The van der Waals surface area contributed by atoms with E-state index in [4.69, 9.17) is 18.9 Å². The van der Waals surface area contributed by atoms with Crippen LogP contribution in [0.15, 0.2) is 60.7 Å². The largest absolute Gasteiger partial charge is 0.469 e. The topological polar surface area (TPSA) is 74.2 Å². The molecule has 0 radical (unpaired) electrons. The molecule has 1 aliphatic heterocycles. The zero-order valence-corrected chi connectivity index (χ0v) is 16.6. The lowest BCUT2D eigenvalue weighted by molar-refractivity contribution is -0.206. The molecule has 0 aromatic heterocycles. The van der Waals surface area contributed by atoms with Gasteiger partial charge in [0.05, 0.1) is 51.7 Å². The van der Waals surface area contributed by atoms with Crippen LogP contribution in [0.2, 0.25) is 0 Å². The Morgan fingerprint density at radius 1 is 1.00 bits per heavy atom. The van der Waals surface area contributed by atoms with Crippen LogP contribution < -0.4 is 0 Å². The standard InChI is InChI=1S/C23H28O6/c1-26-23(25)13-20-19(24)12-21(28-15-18-10-6-3-7-11-18)22(29-20)16-27-14-17-8-4-2-5-9-17/h2-11,19-22,24H,12-16H2,1H3/t19-,20+,21+,22-/m0/s1. The number of rotatable bonds is 9. The van der Waals surface area contributed by atoms with Crippen LogP contribution >= 0.6 is 0 Å². The molecule has 0 spiro atoms. The van der Waals surface area contributed by atoms with Gasteiger partial charge in [-0.05, 0) is 11.1 Å². The van der Waals surface area contributed by atoms with Gasteiger partial charge in [0, 0.05) is 6.42 Å². The molecule has 156 valence electrons. The lowest BCUT2D eigenvalue weighted by Gasteiger charge is -2.39. The molecule has 2 aromatic carbocycles. The summed E-state index contributed by atoms with van der Waals surface area (Å²) in [5.41, 5.74) is 2.11. The highest BCUT2D eigenvalue weighted by atomic mass is 16.6. The van der Waals surface area contributed by atoms with Crippen molar-refractivity contribution in [2.75, 3.05) is 13.7 Å². The molecule has 0 unspecified atom stereocenters. The summed E-state index contributed by atoms with van der Waals surface area (Å²) in [7, 11) is 1.32. The maximum absolute atomic E-state index is 11.6. The Hall–Kier alpha value is -2.25. The second-order valence-corrected chi connectivity index (χ2v) is 7.13. The van der Waals surface area contributed by atoms with Crippen molar-refractivity contribution in [3.63, 3.8) is 0 Å². The summed E-state index contributed by atoms with van der Waals surface area (Å²) >= 11 is 0. The Kier molecular flexibility index (Phi) is 8.19. The first-order chi connectivity index (χ1) is 14.2. The maximum Gasteiger partial charge on any atom is 0.308 e. The monoisotopic (exact) mass is 400 g/mol. The van der Waals surface area contributed by atoms with Crippen LogP contribution in [0.3, 0.4) is 0 Å². The lowest BCUT2D eigenvalue weighted by Crippen LogP contribution is -2.50. The van der Waals surface area contributed by atoms with Crippen LogP contribution in [0.25, 0.3) is 0 Å². The minimum atomic E-state index is -0.805. The van der Waals surface area contributed by atoms with Gasteiger partial charge < -0.3 is 24.1 Å². The van der Waals surface area contributed by atoms with Crippen molar-refractivity contribution < 1.29 is 28.8 Å². The van der Waals surface area contributed by atoms with E-state index in [9.17, 15) is 9.90 Å². The second-order valence-electron chi connectivity index (χ2n) is 7.13. The van der Waals surface area contributed by atoms with Crippen LogP contribution in [-0.2, 0) is 37.0 Å². The summed E-state index contributed by atoms with van der Waals surface area (Å²) in [6, 6.07) is 19.7. The maximum atomic E-state index is 11.6. The second kappa shape index (κ2) is 11.1. The first-order valence-electron chi connectivity index (χ1n) is 9.83. The van der Waals surface area contributed by atoms with E-state index < -0.39 is 18.2 Å². The van der Waals surface area contributed by atoms with Crippen molar-refractivity contribution in [1.82, 2.24) is 0 Å². The molecule has 1 heterocycles. The summed E-state index contributed by atoms with van der Waals surface area (Å²) in [5.74, 6) is -0.415. The number of hydrogen-bond acceptors (Lipinski definition) is 6. The molecule has 1 N–H and O–H groups in total. The van der Waals surface area contributed by atoms with E-state index in [0.29, 0.717) is 26.2 Å². The molecule has 6 nitrogen and oxygen atoms in total. The van der Waals surface area contributed by atoms with E-state index in [1.165, 1.54) is 7.11 Å². The summed E-state index contributed by atoms with van der Waals surface area (Å²) in [6.07, 6.45) is -1.80. The number of aliphatic hydroxyl groups is 1. The summed E-state index contributed by atoms with van der Waals surface area (Å²) in [4.78, 5) is 11.6. The summed E-state index contributed by atoms with van der Waals surface area (Å²) < 4.78 is 22.6. The zero-order chi connectivity index (χ0) is 20.5. The Balaban J connectivity index is 1.60. The normalized spacial score (nSPS) is 24.2. The molecule has 0 saturated carbocycles. The number of carbonyl (C=O) groups is 1. The molecule has 0 aliphatic carbocycles. The first kappa shape index (κ1) is 21.5. The Labute approximate surface area is 171 Å². The number of benzene rings is 2. The predicted molar refractivity (Wildman–Crippen MR) is 107 cm³/mol. The van der Waals surface area contributed by atoms with Crippen LogP contribution in [0.1, 0.15) is 24.0 Å². The van der Waals surface area contributed by atoms with Crippen molar-refractivity contribution >= 4 is 5.97 Å². The molecule has 2 aromatic rings. The van der Waals surface area contributed by atoms with Crippen molar-refractivity contribution in [2.45, 2.75) is 50.5 Å². The van der Waals surface area contributed by atoms with Crippen molar-refractivity contribution in [3.8, 4) is 0 Å². The van der Waals surface area contributed by atoms with E-state index in [2.05, 4.69) is 0 Å². The van der Waals surface area contributed by atoms with E-state index in [-0.39, 0.29) is 18.6 Å². The number of methoxy groups -OCH3 is 1. The Bertz CT molecular complexity index is 736. The fourth-order valence-electron chi connectivity index (χ4n) is 3.34. The third kappa shape index (κ3) is 6.65. The van der Waals surface area contributed by atoms with E-state index in [1.807, 2.05) is 60.7 Å². The van der Waals surface area contributed by atoms with Gasteiger partial charge in [-0.3, -0.25) is 4.79 Å². The van der Waals surface area contributed by atoms with E-state index >= 15 is 0 Å². The molecule has 1 saturated heterocycles. The Morgan fingerprint density at radius 2 is 1.62 bits per heavy atom. The fraction of sp³-hybridized carbons (Fsp3) is 0.435. The number of esters is 1. The highest BCUT2D eigenvalue weighted by Crippen LogP contribution is 2.26. The number of aliphatic hydroxyl groups excluding tert-OH is 1. The lowest BCUT2D eigenvalue weighted by atomic mass is 9.96. The number of hydrogen-bond donors (Lipinski definition) is 1. The highest BCUT2D eigenvalue weighted by molar-refractivity contribution is 5.69. The molecule has 1 fully saturated rings. The van der Waals surface area contributed by atoms with Gasteiger partial charge in [-0.15, -0.1) is 0 Å². The van der Waals surface area contributed by atoms with Crippen LogP contribution in [0, 0.1) is 0 Å². The summed E-state index contributed by atoms with van der Waals surface area (Å²) in [6.45, 7) is 1.17. The van der Waals surface area contributed by atoms with E-state index in [1.54, 1.807) is 0 Å². The predicted octanol–water partition coefficient (Wildman–Crippen LogP) is 2.87. The van der Waals surface area contributed by atoms with E-state index in [0.717, 1.165) is 11.1 Å². The minimum absolute atomic E-state index is 0.00173. The molecule has 0 bridgehead atoms. The van der Waals surface area contributed by atoms with Gasteiger partial charge in [-0.2, -0.15) is 0 Å². The number of carbonyl (C=O) groups excluding carboxylic acids is 1. The van der Waals surface area contributed by atoms with Crippen LogP contribution in [-0.4, -0.2) is 49.2 Å². The third-order valence-corrected chi connectivity index (χ3v) is 4.96. The van der Waals surface area contributed by atoms with Gasteiger partial charge in [0.15, 0.2) is 0 Å². The van der Waals surface area contributed by atoms with Crippen LogP contribution in [0.5, 0.6) is 0 Å². The van der Waals surface area contributed by atoms with Gasteiger partial charge in [0.1, 0.15) is 6.10 Å². The van der Waals surface area contributed by atoms with Gasteiger partial charge in [-0.1, -0.05) is 60.7 Å². The first-order valence-corrected chi connectivity index (χ1v) is 9.83. The quantitative estimate of drug-likeness (QED) is 0.653. The van der Waals surface area contributed by atoms with Crippen molar-refractivity contribution in [1.29, 1.82) is 0 Å².